The molecule has 37 heavy (non-hydrogen) atoms. The fourth-order valence-corrected chi connectivity index (χ4v) is 3.52. The van der Waals surface area contributed by atoms with Crippen LogP contribution < -0.4 is 32.4 Å². The van der Waals surface area contributed by atoms with Crippen LogP contribution >= 0.6 is 0 Å². The average molecular weight is 539 g/mol. The van der Waals surface area contributed by atoms with Gasteiger partial charge in [-0.25, -0.2) is 18.4 Å². The van der Waals surface area contributed by atoms with E-state index in [2.05, 4.69) is 10.3 Å². The van der Waals surface area contributed by atoms with Gasteiger partial charge in [0.25, 0.3) is 0 Å². The SMILES string of the molecule is CCCCNc1cc(C(=O)O)cc(S(N)(=O)=O)c1Oc1ccccc1.NC(N)=NCCCC(N)C(=O)O. The third-order valence-electron chi connectivity index (χ3n) is 4.70. The Morgan fingerprint density at radius 2 is 1.76 bits per heavy atom. The predicted octanol–water partition coefficient (Wildman–Crippen LogP) is 1.49. The molecule has 0 aromatic heterocycles. The van der Waals surface area contributed by atoms with Crippen LogP contribution in [-0.4, -0.2) is 55.7 Å². The Labute approximate surface area is 215 Å². The molecule has 2 aromatic carbocycles. The molecule has 1 unspecified atom stereocenters. The van der Waals surface area contributed by atoms with Crippen molar-refractivity contribution in [3.8, 4) is 11.5 Å². The molecule has 0 amide bonds. The van der Waals surface area contributed by atoms with Crippen molar-refractivity contribution in [3.63, 3.8) is 0 Å². The molecular formula is C23H34N6O7S. The van der Waals surface area contributed by atoms with Gasteiger partial charge in [0.2, 0.25) is 10.0 Å². The highest BCUT2D eigenvalue weighted by atomic mass is 32.2. The smallest absolute Gasteiger partial charge is 0.335 e. The first kappa shape index (κ1) is 31.2. The van der Waals surface area contributed by atoms with Crippen LogP contribution in [0.3, 0.4) is 0 Å². The molecule has 204 valence electrons. The summed E-state index contributed by atoms with van der Waals surface area (Å²) in [5.41, 5.74) is 15.4. The van der Waals surface area contributed by atoms with Gasteiger partial charge < -0.3 is 37.5 Å². The Morgan fingerprint density at radius 3 is 2.27 bits per heavy atom. The summed E-state index contributed by atoms with van der Waals surface area (Å²) in [5, 5.41) is 25.9. The van der Waals surface area contributed by atoms with Crippen LogP contribution in [0, 0.1) is 0 Å². The number of carboxylic acid groups (broad SMARTS) is 2. The van der Waals surface area contributed by atoms with Crippen LogP contribution in [0.1, 0.15) is 43.0 Å². The van der Waals surface area contributed by atoms with Crippen molar-refractivity contribution < 1.29 is 33.0 Å². The van der Waals surface area contributed by atoms with E-state index in [1.165, 1.54) is 6.07 Å². The van der Waals surface area contributed by atoms with Gasteiger partial charge in [-0.2, -0.15) is 0 Å². The zero-order valence-electron chi connectivity index (χ0n) is 20.5. The van der Waals surface area contributed by atoms with Gasteiger partial charge in [0.15, 0.2) is 11.7 Å². The summed E-state index contributed by atoms with van der Waals surface area (Å²) >= 11 is 0. The lowest BCUT2D eigenvalue weighted by molar-refractivity contribution is -0.138. The van der Waals surface area contributed by atoms with Crippen molar-refractivity contribution in [1.82, 2.24) is 0 Å². The Kier molecular flexibility index (Phi) is 12.9. The Bertz CT molecular complexity index is 1170. The summed E-state index contributed by atoms with van der Waals surface area (Å²) < 4.78 is 29.7. The summed E-state index contributed by atoms with van der Waals surface area (Å²) in [5.74, 6) is -1.85. The van der Waals surface area contributed by atoms with Crippen LogP contribution in [0.4, 0.5) is 5.69 Å². The van der Waals surface area contributed by atoms with Crippen molar-refractivity contribution in [1.29, 1.82) is 0 Å². The van der Waals surface area contributed by atoms with Crippen LogP contribution in [0.5, 0.6) is 11.5 Å². The third kappa shape index (κ3) is 11.6. The van der Waals surface area contributed by atoms with Gasteiger partial charge >= 0.3 is 11.9 Å². The number of guanidine groups is 1. The molecule has 2 rings (SSSR count). The number of aromatic carboxylic acids is 1. The molecular weight excluding hydrogens is 504 g/mol. The summed E-state index contributed by atoms with van der Waals surface area (Å²) in [6, 6.07) is 10.1. The van der Waals surface area contributed by atoms with E-state index in [0.717, 1.165) is 18.9 Å². The summed E-state index contributed by atoms with van der Waals surface area (Å²) in [6.07, 6.45) is 2.70. The first-order valence-electron chi connectivity index (χ1n) is 11.3. The number of benzene rings is 2. The number of anilines is 1. The van der Waals surface area contributed by atoms with Crippen molar-refractivity contribution in [2.24, 2.45) is 27.3 Å². The van der Waals surface area contributed by atoms with Gasteiger partial charge in [0.05, 0.1) is 11.3 Å². The predicted molar refractivity (Wildman–Crippen MR) is 140 cm³/mol. The van der Waals surface area contributed by atoms with Crippen LogP contribution in [-0.2, 0) is 14.8 Å². The van der Waals surface area contributed by atoms with Crippen molar-refractivity contribution >= 4 is 33.6 Å². The fraction of sp³-hybridized carbons (Fsp3) is 0.348. The van der Waals surface area contributed by atoms with E-state index in [1.54, 1.807) is 30.3 Å². The normalized spacial score (nSPS) is 11.4. The quantitative estimate of drug-likeness (QED) is 0.109. The van der Waals surface area contributed by atoms with E-state index in [9.17, 15) is 23.1 Å². The Morgan fingerprint density at radius 1 is 1.11 bits per heavy atom. The number of unbranched alkanes of at least 4 members (excludes halogenated alkanes) is 1. The molecule has 0 heterocycles. The monoisotopic (exact) mass is 538 g/mol. The molecule has 2 aromatic rings. The number of aliphatic carboxylic acids is 1. The minimum atomic E-state index is -4.19. The number of ether oxygens (including phenoxy) is 1. The summed E-state index contributed by atoms with van der Waals surface area (Å²) in [7, 11) is -4.19. The molecule has 13 nitrogen and oxygen atoms in total. The number of aliphatic imine (C=N–C) groups is 1. The van der Waals surface area contributed by atoms with E-state index in [4.69, 9.17) is 32.2 Å². The van der Waals surface area contributed by atoms with E-state index in [1.807, 2.05) is 6.92 Å². The number of sulfonamides is 1. The number of nitrogens with one attached hydrogen (secondary N) is 1. The molecule has 0 fully saturated rings. The van der Waals surface area contributed by atoms with Crippen LogP contribution in [0.2, 0.25) is 0 Å². The molecule has 0 radical (unpaired) electrons. The first-order valence-corrected chi connectivity index (χ1v) is 12.9. The summed E-state index contributed by atoms with van der Waals surface area (Å²) in [4.78, 5) is 24.8. The molecule has 0 saturated heterocycles. The molecule has 14 heteroatoms. The van der Waals surface area contributed by atoms with E-state index in [-0.39, 0.29) is 27.9 Å². The highest BCUT2D eigenvalue weighted by Gasteiger charge is 2.23. The molecule has 0 spiro atoms. The molecule has 11 N–H and O–H groups in total. The minimum Gasteiger partial charge on any atom is -0.480 e. The van der Waals surface area contributed by atoms with Crippen LogP contribution in [0.25, 0.3) is 0 Å². The van der Waals surface area contributed by atoms with Gasteiger partial charge in [0, 0.05) is 13.1 Å². The lowest BCUT2D eigenvalue weighted by Crippen LogP contribution is -2.30. The number of hydrogen-bond acceptors (Lipinski definition) is 8. The second-order valence-corrected chi connectivity index (χ2v) is 9.32. The third-order valence-corrected chi connectivity index (χ3v) is 5.62. The first-order chi connectivity index (χ1) is 17.4. The second-order valence-electron chi connectivity index (χ2n) is 7.79. The highest BCUT2D eigenvalue weighted by molar-refractivity contribution is 7.89. The molecule has 0 saturated carbocycles. The lowest BCUT2D eigenvalue weighted by Gasteiger charge is -2.17. The number of carboxylic acids is 2. The van der Waals surface area contributed by atoms with Gasteiger partial charge in [-0.15, -0.1) is 0 Å². The maximum atomic E-state index is 12.0. The Hall–Kier alpha value is -3.88. The summed E-state index contributed by atoms with van der Waals surface area (Å²) in [6.45, 7) is 2.96. The number of nitrogens with two attached hydrogens (primary N) is 4. The molecule has 1 atom stereocenters. The van der Waals surface area contributed by atoms with Crippen LogP contribution in [0.15, 0.2) is 52.4 Å². The second kappa shape index (κ2) is 15.3. The van der Waals surface area contributed by atoms with E-state index >= 15 is 0 Å². The minimum absolute atomic E-state index is 0.0129. The maximum absolute atomic E-state index is 12.0. The van der Waals surface area contributed by atoms with Crippen molar-refractivity contribution in [2.75, 3.05) is 18.4 Å². The average Bonchev–Trinajstić information content (AvgIpc) is 2.82. The number of para-hydroxylation sites is 1. The standard InChI is InChI=1S/C17H20N2O5S.C6H14N4O2/c1-2-3-9-19-14-10-12(17(20)21)11-15(25(18,22)23)16(14)24-13-7-5-4-6-8-13;7-4(5(11)12)2-1-3-10-6(8)9/h4-8,10-11,19H,2-3,9H2,1H3,(H,20,21)(H2,18,22,23);4H,1-3,7H2,(H,11,12)(H4,8,9,10). The molecule has 0 aliphatic carbocycles. The highest BCUT2D eigenvalue weighted by Crippen LogP contribution is 2.37. The fourth-order valence-electron chi connectivity index (χ4n) is 2.82. The van der Waals surface area contributed by atoms with Gasteiger partial charge in [-0.3, -0.25) is 9.79 Å². The number of carbonyl (C=O) groups is 2. The van der Waals surface area contributed by atoms with Gasteiger partial charge in [-0.1, -0.05) is 31.5 Å². The number of primary sulfonamides is 1. The largest absolute Gasteiger partial charge is 0.480 e. The number of rotatable bonds is 13. The molecule has 0 aliphatic rings. The zero-order valence-corrected chi connectivity index (χ0v) is 21.3. The lowest BCUT2D eigenvalue weighted by atomic mass is 10.1. The van der Waals surface area contributed by atoms with Gasteiger partial charge in [-0.05, 0) is 43.5 Å². The Balaban J connectivity index is 0.000000482. The number of nitrogens with zero attached hydrogens (tertiary/aromatic N) is 1. The van der Waals surface area contributed by atoms with Crippen molar-refractivity contribution in [2.45, 2.75) is 43.5 Å². The molecule has 0 bridgehead atoms. The maximum Gasteiger partial charge on any atom is 0.335 e. The van der Waals surface area contributed by atoms with E-state index < -0.39 is 28.0 Å². The topological polar surface area (TPSA) is 246 Å². The van der Waals surface area contributed by atoms with Gasteiger partial charge in [0.1, 0.15) is 16.7 Å². The number of hydrogen-bond donors (Lipinski definition) is 7. The van der Waals surface area contributed by atoms with Crippen molar-refractivity contribution in [3.05, 3.63) is 48.0 Å². The van der Waals surface area contributed by atoms with E-state index in [0.29, 0.717) is 31.7 Å². The molecule has 0 aliphatic heterocycles. The zero-order chi connectivity index (χ0) is 28.0.